The van der Waals surface area contributed by atoms with Gasteiger partial charge >= 0.3 is 0 Å². The molecule has 678 valence electrons. The summed E-state index contributed by atoms with van der Waals surface area (Å²) >= 11 is 0. The smallest absolute Gasteiger partial charge is 0.137 e. The third-order valence-electron chi connectivity index (χ3n) is 27.0. The minimum Gasteiger partial charge on any atom is -0.457 e. The second-order valence-electron chi connectivity index (χ2n) is 34.9. The van der Waals surface area contributed by atoms with Crippen molar-refractivity contribution >= 4 is 102 Å². The number of nitrogens with zero attached hydrogens (tertiary/aromatic N) is 4. The van der Waals surface area contributed by atoms with Gasteiger partial charge in [0.2, 0.25) is 0 Å². The second kappa shape index (κ2) is 35.9. The van der Waals surface area contributed by atoms with Crippen LogP contribution in [0.1, 0.15) is 55.6 Å². The predicted octanol–water partition coefficient (Wildman–Crippen LogP) is 35.5. The maximum atomic E-state index is 17.1. The first-order valence-corrected chi connectivity index (χ1v) is 46.0. The average molecular weight is 1850 g/mol. The molecule has 2 aliphatic rings. The SMILES string of the molecule is C=Cc1ccc(Oc2ccc(C3(c4c(F)cccc4F)c4ccccc4-c4ccc(N(c5ccc(F)cc5)c5ccc(-c6ccc(N(c7ccc(F)cc7)c7ccc8c(c7)oc7cc(N(c9ccc(F)cc9)c9ccc(-c%10ccc(N(c%11ccc(F)cc%11)c%11ccc%12c(c%11)C(c%11ccc(Oc%13ccc(C=C)cc%13)cc%11)(c%11c(F)cccc%11F)c%11ccccc%11-%12)cc%10)cc9)ccc78)cc6)cc5)cc43)cc2)cc1. The van der Waals surface area contributed by atoms with E-state index >= 15 is 26.3 Å². The van der Waals surface area contributed by atoms with Crippen LogP contribution in [-0.2, 0) is 10.8 Å². The Morgan fingerprint density at radius 1 is 0.220 bits per heavy atom. The molecular weight excluding hydrogens is 1770 g/mol. The Balaban J connectivity index is 0.539. The fourth-order valence-electron chi connectivity index (χ4n) is 20.5. The molecule has 141 heavy (non-hydrogen) atoms. The lowest BCUT2D eigenvalue weighted by atomic mass is 9.67. The fraction of sp³-hybridized carbons (Fsp3) is 0.0159. The monoisotopic (exact) mass is 1850 g/mol. The normalized spacial score (nSPS) is 13.8. The Morgan fingerprint density at radius 2 is 0.461 bits per heavy atom. The average Bonchev–Trinajstić information content (AvgIpc) is 1.54. The molecule has 0 radical (unpaired) electrons. The van der Waals surface area contributed by atoms with E-state index in [1.807, 2.05) is 335 Å². The van der Waals surface area contributed by atoms with Crippen LogP contribution in [0.25, 0.3) is 78.6 Å². The number of hydrogen-bond acceptors (Lipinski definition) is 7. The van der Waals surface area contributed by atoms with E-state index in [4.69, 9.17) is 13.9 Å². The third-order valence-corrected chi connectivity index (χ3v) is 27.0. The maximum Gasteiger partial charge on any atom is 0.137 e. The summed E-state index contributed by atoms with van der Waals surface area (Å²) in [5.41, 5.74) is 18.6. The molecule has 20 aromatic carbocycles. The Hall–Kier alpha value is -18.1. The Kier molecular flexibility index (Phi) is 22.1. The number of halogens is 8. The van der Waals surface area contributed by atoms with Gasteiger partial charge in [-0.25, -0.2) is 35.1 Å². The van der Waals surface area contributed by atoms with Crippen LogP contribution in [0.5, 0.6) is 23.0 Å². The van der Waals surface area contributed by atoms with Gasteiger partial charge in [-0.15, -0.1) is 0 Å². The largest absolute Gasteiger partial charge is 0.457 e. The number of furan rings is 1. The third kappa shape index (κ3) is 15.5. The maximum absolute atomic E-state index is 17.1. The van der Waals surface area contributed by atoms with Crippen LogP contribution in [0, 0.1) is 46.5 Å². The van der Waals surface area contributed by atoms with Crippen LogP contribution in [0.3, 0.4) is 0 Å². The molecule has 0 amide bonds. The molecule has 0 N–H and O–H groups in total. The van der Waals surface area contributed by atoms with Crippen molar-refractivity contribution in [1.29, 1.82) is 0 Å². The zero-order valence-corrected chi connectivity index (χ0v) is 75.3. The number of rotatable bonds is 24. The number of anilines is 12. The molecule has 0 saturated carbocycles. The molecule has 2 atom stereocenters. The molecular formula is C126H80F8N4O3. The van der Waals surface area contributed by atoms with Gasteiger partial charge in [0.15, 0.2) is 0 Å². The molecule has 1 heterocycles. The van der Waals surface area contributed by atoms with Crippen LogP contribution in [0.15, 0.2) is 466 Å². The van der Waals surface area contributed by atoms with E-state index in [1.54, 1.807) is 60.7 Å². The molecule has 15 heteroatoms. The lowest BCUT2D eigenvalue weighted by molar-refractivity contribution is 0.481. The van der Waals surface area contributed by atoms with Crippen molar-refractivity contribution in [2.24, 2.45) is 0 Å². The summed E-state index contributed by atoms with van der Waals surface area (Å²) in [4.78, 5) is 8.07. The lowest BCUT2D eigenvalue weighted by Gasteiger charge is -2.35. The van der Waals surface area contributed by atoms with E-state index in [0.29, 0.717) is 113 Å². The molecule has 1 aromatic heterocycles. The highest BCUT2D eigenvalue weighted by molar-refractivity contribution is 6.08. The zero-order valence-electron chi connectivity index (χ0n) is 75.3. The van der Waals surface area contributed by atoms with Gasteiger partial charge in [0.1, 0.15) is 80.7 Å². The van der Waals surface area contributed by atoms with Crippen molar-refractivity contribution in [1.82, 2.24) is 0 Å². The highest BCUT2D eigenvalue weighted by atomic mass is 19.2. The molecule has 2 aliphatic carbocycles. The quantitative estimate of drug-likeness (QED) is 0.0559. The summed E-state index contributed by atoms with van der Waals surface area (Å²) in [5.74, 6) is -2.27. The Bertz CT molecular complexity index is 7850. The molecule has 7 nitrogen and oxygen atoms in total. The van der Waals surface area contributed by atoms with Crippen molar-refractivity contribution < 1.29 is 49.0 Å². The van der Waals surface area contributed by atoms with E-state index in [1.165, 1.54) is 84.9 Å². The van der Waals surface area contributed by atoms with Crippen LogP contribution >= 0.6 is 0 Å². The summed E-state index contributed by atoms with van der Waals surface area (Å²) in [6.07, 6.45) is 3.51. The highest BCUT2D eigenvalue weighted by Gasteiger charge is 2.52. The van der Waals surface area contributed by atoms with Gasteiger partial charge in [0.25, 0.3) is 0 Å². The fourth-order valence-corrected chi connectivity index (χ4v) is 20.5. The first-order chi connectivity index (χ1) is 69.0. The summed E-state index contributed by atoms with van der Waals surface area (Å²) in [6.45, 7) is 7.73. The standard InChI is InChI=1S/C126H80F8N4O3/c1-3-79-19-63-103(64-20-79)139-105-67-31-85(32-68-105)125(123-117(131)15-9-16-118(123)132)113-13-7-5-11-107(113)109-71-59-99(75-115(109)125)135(95-51-35-87(127)36-52-95)91-43-23-81(24-44-91)83-27-47-93(48-28-83)137(97-55-39-89(129)40-56-97)101-61-73-111-112-74-62-102(78-122(112)141-121(111)77-101)138(98-57-41-90(130)42-58-98)94-49-29-84(30-50-94)82-25-45-92(46-26-82)136(96-53-37-88(128)38-54-96)100-60-72-110-108-12-6-8-14-114(108)126(116(110)76-100,124-119(133)17-10-18-120(124)134)86-33-69-106(70-34-86)140-104-65-21-80(4-2)22-66-104/h3-78H,1-2H2. The van der Waals surface area contributed by atoms with E-state index < -0.39 is 57.4 Å². The molecule has 0 aliphatic heterocycles. The molecule has 23 rings (SSSR count). The van der Waals surface area contributed by atoms with E-state index in [9.17, 15) is 8.78 Å². The number of hydrogen-bond donors (Lipinski definition) is 0. The molecule has 0 bridgehead atoms. The molecule has 2 unspecified atom stereocenters. The van der Waals surface area contributed by atoms with Crippen LogP contribution in [-0.4, -0.2) is 0 Å². The summed E-state index contributed by atoms with van der Waals surface area (Å²) in [6, 6.07) is 134. The van der Waals surface area contributed by atoms with Crippen molar-refractivity contribution in [2.45, 2.75) is 10.8 Å². The van der Waals surface area contributed by atoms with Gasteiger partial charge in [-0.2, -0.15) is 0 Å². The molecule has 0 fully saturated rings. The summed E-state index contributed by atoms with van der Waals surface area (Å²) in [7, 11) is 0. The van der Waals surface area contributed by atoms with Gasteiger partial charge in [0, 0.05) is 102 Å². The van der Waals surface area contributed by atoms with Crippen molar-refractivity contribution in [3.63, 3.8) is 0 Å². The topological polar surface area (TPSA) is 44.6 Å². The minimum atomic E-state index is -1.52. The first kappa shape index (κ1) is 87.0. The van der Waals surface area contributed by atoms with Crippen molar-refractivity contribution in [3.05, 3.63) is 564 Å². The second-order valence-corrected chi connectivity index (χ2v) is 34.9. The van der Waals surface area contributed by atoms with E-state index in [2.05, 4.69) is 13.2 Å². The van der Waals surface area contributed by atoms with Gasteiger partial charge in [-0.1, -0.05) is 195 Å². The van der Waals surface area contributed by atoms with Crippen molar-refractivity contribution in [2.75, 3.05) is 19.6 Å². The highest BCUT2D eigenvalue weighted by Crippen LogP contribution is 2.62. The first-order valence-electron chi connectivity index (χ1n) is 46.0. The van der Waals surface area contributed by atoms with E-state index in [-0.39, 0.29) is 11.1 Å². The van der Waals surface area contributed by atoms with Crippen LogP contribution in [0.2, 0.25) is 0 Å². The van der Waals surface area contributed by atoms with Crippen LogP contribution < -0.4 is 29.1 Å². The summed E-state index contributed by atoms with van der Waals surface area (Å²) < 4.78 is 148. The van der Waals surface area contributed by atoms with E-state index in [0.717, 1.165) is 89.2 Å². The minimum absolute atomic E-state index is 0.137. The zero-order chi connectivity index (χ0) is 95.7. The number of ether oxygens (including phenoxy) is 2. The molecule has 0 spiro atoms. The van der Waals surface area contributed by atoms with Crippen LogP contribution in [0.4, 0.5) is 103 Å². The predicted molar refractivity (Wildman–Crippen MR) is 551 cm³/mol. The van der Waals surface area contributed by atoms with Gasteiger partial charge < -0.3 is 33.5 Å². The molecule has 21 aromatic rings. The summed E-state index contributed by atoms with van der Waals surface area (Å²) in [5, 5.41) is 1.70. The Morgan fingerprint density at radius 3 is 0.745 bits per heavy atom. The number of benzene rings is 20. The van der Waals surface area contributed by atoms with Crippen molar-refractivity contribution in [3.8, 4) is 67.5 Å². The van der Waals surface area contributed by atoms with Gasteiger partial charge in [0.05, 0.1) is 10.8 Å². The van der Waals surface area contributed by atoms with Gasteiger partial charge in [-0.05, 0) is 356 Å². The van der Waals surface area contributed by atoms with Gasteiger partial charge in [-0.3, -0.25) is 0 Å². The lowest BCUT2D eigenvalue weighted by Crippen LogP contribution is -2.31. The Labute approximate surface area is 808 Å². The number of fused-ring (bicyclic) bond motifs is 9. The molecule has 0 saturated heterocycles.